The standard InChI is InChI=1S/C12H18N4O4/c1-2-5-13-11-10(16(17)18)12(15-8-14-11)20-7-9-4-3-6-19-9/h8-9H,2-7H2,1H3,(H,13,14,15). The van der Waals surface area contributed by atoms with Gasteiger partial charge in [-0.15, -0.1) is 0 Å². The van der Waals surface area contributed by atoms with Gasteiger partial charge in [0, 0.05) is 13.2 Å². The highest BCUT2D eigenvalue weighted by atomic mass is 16.6. The molecule has 2 rings (SSSR count). The number of ether oxygens (including phenoxy) is 2. The van der Waals surface area contributed by atoms with Gasteiger partial charge in [0.2, 0.25) is 5.82 Å². The van der Waals surface area contributed by atoms with E-state index in [0.29, 0.717) is 13.2 Å². The van der Waals surface area contributed by atoms with Crippen molar-refractivity contribution >= 4 is 11.5 Å². The third kappa shape index (κ3) is 3.53. The average Bonchev–Trinajstić information content (AvgIpc) is 2.95. The molecule has 20 heavy (non-hydrogen) atoms. The number of nitro groups is 1. The maximum Gasteiger partial charge on any atom is 0.372 e. The molecule has 1 aromatic rings. The molecule has 0 radical (unpaired) electrons. The van der Waals surface area contributed by atoms with Gasteiger partial charge in [-0.1, -0.05) is 6.92 Å². The molecule has 0 spiro atoms. The van der Waals surface area contributed by atoms with Crippen molar-refractivity contribution in [3.05, 3.63) is 16.4 Å². The molecule has 0 aliphatic carbocycles. The zero-order valence-corrected chi connectivity index (χ0v) is 11.4. The molecular formula is C12H18N4O4. The lowest BCUT2D eigenvalue weighted by atomic mass is 10.2. The Morgan fingerprint density at radius 3 is 3.10 bits per heavy atom. The first-order valence-electron chi connectivity index (χ1n) is 6.70. The minimum absolute atomic E-state index is 0.0147. The molecule has 2 heterocycles. The molecule has 1 N–H and O–H groups in total. The van der Waals surface area contributed by atoms with Crippen LogP contribution in [0.4, 0.5) is 11.5 Å². The highest BCUT2D eigenvalue weighted by molar-refractivity contribution is 5.61. The van der Waals surface area contributed by atoms with Crippen molar-refractivity contribution in [2.24, 2.45) is 0 Å². The normalized spacial score (nSPS) is 17.9. The monoisotopic (exact) mass is 282 g/mol. The number of hydrogen-bond donors (Lipinski definition) is 1. The largest absolute Gasteiger partial charge is 0.470 e. The van der Waals surface area contributed by atoms with Gasteiger partial charge in [0.1, 0.15) is 12.9 Å². The third-order valence-electron chi connectivity index (χ3n) is 2.94. The molecule has 1 aliphatic rings. The Morgan fingerprint density at radius 1 is 1.60 bits per heavy atom. The van der Waals surface area contributed by atoms with Gasteiger partial charge in [0.15, 0.2) is 0 Å². The summed E-state index contributed by atoms with van der Waals surface area (Å²) in [4.78, 5) is 18.4. The van der Waals surface area contributed by atoms with Crippen molar-refractivity contribution in [3.63, 3.8) is 0 Å². The Kier molecular flexibility index (Phi) is 5.05. The van der Waals surface area contributed by atoms with Crippen LogP contribution in [0.25, 0.3) is 0 Å². The number of nitrogens with one attached hydrogen (secondary N) is 1. The molecule has 1 aliphatic heterocycles. The smallest absolute Gasteiger partial charge is 0.372 e. The quantitative estimate of drug-likeness (QED) is 0.600. The molecule has 8 heteroatoms. The van der Waals surface area contributed by atoms with E-state index in [-0.39, 0.29) is 30.1 Å². The summed E-state index contributed by atoms with van der Waals surface area (Å²) < 4.78 is 10.9. The molecule has 0 saturated carbocycles. The molecule has 1 fully saturated rings. The molecule has 1 atom stereocenters. The van der Waals surface area contributed by atoms with Crippen molar-refractivity contribution in [3.8, 4) is 5.88 Å². The van der Waals surface area contributed by atoms with Crippen molar-refractivity contribution in [1.29, 1.82) is 0 Å². The lowest BCUT2D eigenvalue weighted by Crippen LogP contribution is -2.18. The summed E-state index contributed by atoms with van der Waals surface area (Å²) in [7, 11) is 0. The van der Waals surface area contributed by atoms with Gasteiger partial charge in [-0.25, -0.2) is 4.98 Å². The highest BCUT2D eigenvalue weighted by Gasteiger charge is 2.25. The Hall–Kier alpha value is -1.96. The van der Waals surface area contributed by atoms with Crippen molar-refractivity contribution in [2.75, 3.05) is 25.1 Å². The Morgan fingerprint density at radius 2 is 2.45 bits per heavy atom. The molecule has 8 nitrogen and oxygen atoms in total. The number of rotatable bonds is 7. The summed E-state index contributed by atoms with van der Waals surface area (Å²) in [5.74, 6) is 0.174. The van der Waals surface area contributed by atoms with Crippen LogP contribution in [-0.4, -0.2) is 40.8 Å². The van der Waals surface area contributed by atoms with Crippen LogP contribution in [-0.2, 0) is 4.74 Å². The molecular weight excluding hydrogens is 264 g/mol. The van der Waals surface area contributed by atoms with E-state index in [1.165, 1.54) is 6.33 Å². The van der Waals surface area contributed by atoms with Crippen LogP contribution in [0.3, 0.4) is 0 Å². The van der Waals surface area contributed by atoms with Crippen LogP contribution in [0, 0.1) is 10.1 Å². The lowest BCUT2D eigenvalue weighted by molar-refractivity contribution is -0.385. The van der Waals surface area contributed by atoms with E-state index in [4.69, 9.17) is 9.47 Å². The van der Waals surface area contributed by atoms with Gasteiger partial charge in [-0.3, -0.25) is 10.1 Å². The first kappa shape index (κ1) is 14.4. The summed E-state index contributed by atoms with van der Waals surface area (Å²) in [6.45, 7) is 3.55. The van der Waals surface area contributed by atoms with E-state index >= 15 is 0 Å². The molecule has 0 aromatic carbocycles. The van der Waals surface area contributed by atoms with Gasteiger partial charge in [-0.05, 0) is 19.3 Å². The van der Waals surface area contributed by atoms with Crippen LogP contribution < -0.4 is 10.1 Å². The molecule has 1 saturated heterocycles. The second-order valence-electron chi connectivity index (χ2n) is 4.51. The van der Waals surface area contributed by atoms with E-state index in [2.05, 4.69) is 15.3 Å². The maximum absolute atomic E-state index is 11.2. The van der Waals surface area contributed by atoms with Crippen molar-refractivity contribution in [1.82, 2.24) is 9.97 Å². The molecule has 0 amide bonds. The second-order valence-corrected chi connectivity index (χ2v) is 4.51. The summed E-state index contributed by atoms with van der Waals surface area (Å²) in [5.41, 5.74) is -0.223. The first-order valence-corrected chi connectivity index (χ1v) is 6.70. The summed E-state index contributed by atoms with van der Waals surface area (Å²) >= 11 is 0. The number of hydrogen-bond acceptors (Lipinski definition) is 7. The Balaban J connectivity index is 2.11. The van der Waals surface area contributed by atoms with Crippen LogP contribution in [0.5, 0.6) is 5.88 Å². The fourth-order valence-corrected chi connectivity index (χ4v) is 1.95. The summed E-state index contributed by atoms with van der Waals surface area (Å²) in [5, 5.41) is 14.1. The minimum atomic E-state index is -0.525. The van der Waals surface area contributed by atoms with Gasteiger partial charge < -0.3 is 14.8 Å². The van der Waals surface area contributed by atoms with Gasteiger partial charge in [-0.2, -0.15) is 4.98 Å². The first-order chi connectivity index (χ1) is 9.72. The minimum Gasteiger partial charge on any atom is -0.470 e. The van der Waals surface area contributed by atoms with Crippen molar-refractivity contribution in [2.45, 2.75) is 32.3 Å². The van der Waals surface area contributed by atoms with Crippen LogP contribution in [0.2, 0.25) is 0 Å². The Labute approximate surface area is 116 Å². The fourth-order valence-electron chi connectivity index (χ4n) is 1.95. The van der Waals surface area contributed by atoms with E-state index in [0.717, 1.165) is 19.3 Å². The van der Waals surface area contributed by atoms with E-state index in [1.807, 2.05) is 6.92 Å². The van der Waals surface area contributed by atoms with Crippen LogP contribution in [0.15, 0.2) is 6.33 Å². The maximum atomic E-state index is 11.2. The SMILES string of the molecule is CCCNc1ncnc(OCC2CCCO2)c1[N+](=O)[O-]. The topological polar surface area (TPSA) is 99.4 Å². The number of aromatic nitrogens is 2. The molecule has 0 bridgehead atoms. The molecule has 1 aromatic heterocycles. The Bertz CT molecular complexity index is 463. The summed E-state index contributed by atoms with van der Waals surface area (Å²) in [6.07, 6.45) is 3.98. The second kappa shape index (κ2) is 6.99. The molecule has 1 unspecified atom stereocenters. The highest BCUT2D eigenvalue weighted by Crippen LogP contribution is 2.31. The van der Waals surface area contributed by atoms with E-state index in [1.54, 1.807) is 0 Å². The average molecular weight is 282 g/mol. The van der Waals surface area contributed by atoms with Gasteiger partial charge >= 0.3 is 5.69 Å². The predicted molar refractivity (Wildman–Crippen MR) is 71.9 cm³/mol. The zero-order chi connectivity index (χ0) is 14.4. The summed E-state index contributed by atoms with van der Waals surface area (Å²) in [6, 6.07) is 0. The molecule has 110 valence electrons. The van der Waals surface area contributed by atoms with Gasteiger partial charge in [0.05, 0.1) is 11.0 Å². The van der Waals surface area contributed by atoms with Crippen LogP contribution in [0.1, 0.15) is 26.2 Å². The fraction of sp³-hybridized carbons (Fsp3) is 0.667. The third-order valence-corrected chi connectivity index (χ3v) is 2.94. The van der Waals surface area contributed by atoms with E-state index in [9.17, 15) is 10.1 Å². The number of anilines is 1. The van der Waals surface area contributed by atoms with Gasteiger partial charge in [0.25, 0.3) is 5.88 Å². The van der Waals surface area contributed by atoms with E-state index < -0.39 is 4.92 Å². The zero-order valence-electron chi connectivity index (χ0n) is 11.4. The van der Waals surface area contributed by atoms with Crippen LogP contribution >= 0.6 is 0 Å². The van der Waals surface area contributed by atoms with Crippen molar-refractivity contribution < 1.29 is 14.4 Å². The lowest BCUT2D eigenvalue weighted by Gasteiger charge is -2.12. The predicted octanol–water partition coefficient (Wildman–Crippen LogP) is 1.76. The number of nitrogens with zero attached hydrogens (tertiary/aromatic N) is 3.